The molecule has 2 rings (SSSR count). The number of hydrogen-bond acceptors (Lipinski definition) is 4. The van der Waals surface area contributed by atoms with E-state index in [9.17, 15) is 0 Å². The molecule has 4 nitrogen and oxygen atoms in total. The molecule has 0 atom stereocenters. The van der Waals surface area contributed by atoms with Gasteiger partial charge in [-0.15, -0.1) is 0 Å². The summed E-state index contributed by atoms with van der Waals surface area (Å²) in [6.07, 6.45) is 1.79. The summed E-state index contributed by atoms with van der Waals surface area (Å²) >= 11 is 0. The first-order chi connectivity index (χ1) is 8.31. The van der Waals surface area contributed by atoms with E-state index in [1.54, 1.807) is 0 Å². The van der Waals surface area contributed by atoms with Crippen molar-refractivity contribution in [3.63, 3.8) is 0 Å². The minimum atomic E-state index is 0.252. The highest BCUT2D eigenvalue weighted by molar-refractivity contribution is 5.60. The fourth-order valence-electron chi connectivity index (χ4n) is 1.84. The Morgan fingerprint density at radius 3 is 2.59 bits per heavy atom. The van der Waals surface area contributed by atoms with Crippen molar-refractivity contribution >= 4 is 5.69 Å². The van der Waals surface area contributed by atoms with Gasteiger partial charge in [0.2, 0.25) is 0 Å². The predicted octanol–water partition coefficient (Wildman–Crippen LogP) is 1.95. The topological polar surface area (TPSA) is 50.7 Å². The van der Waals surface area contributed by atoms with Crippen LogP contribution in [0.3, 0.4) is 0 Å². The van der Waals surface area contributed by atoms with E-state index < -0.39 is 0 Å². The number of hydrogen-bond donors (Lipinski definition) is 2. The number of anilines is 1. The van der Waals surface area contributed by atoms with E-state index >= 15 is 0 Å². The molecule has 1 heterocycles. The van der Waals surface area contributed by atoms with Gasteiger partial charge in [-0.1, -0.05) is 0 Å². The Kier molecular flexibility index (Phi) is 4.09. The first-order valence-electron chi connectivity index (χ1n) is 6.06. The van der Waals surface area contributed by atoms with Crippen LogP contribution in [0.2, 0.25) is 0 Å². The molecule has 0 amide bonds. The Morgan fingerprint density at radius 1 is 1.18 bits per heavy atom. The van der Waals surface area contributed by atoms with Gasteiger partial charge >= 0.3 is 0 Å². The lowest BCUT2D eigenvalue weighted by atomic mass is 10.1. The molecule has 0 fully saturated rings. The molecular formula is C13H19NO3. The molecule has 94 valence electrons. The summed E-state index contributed by atoms with van der Waals surface area (Å²) in [6.45, 7) is 4.39. The quantitative estimate of drug-likeness (QED) is 0.769. The second-order valence-corrected chi connectivity index (χ2v) is 4.17. The molecule has 1 aliphatic heterocycles. The molecule has 0 aromatic heterocycles. The number of unbranched alkanes of at least 4 members (excludes halogenated alkanes) is 1. The molecule has 0 bridgehead atoms. The van der Waals surface area contributed by atoms with Gasteiger partial charge in [0.05, 0.1) is 0 Å². The molecule has 17 heavy (non-hydrogen) atoms. The minimum absolute atomic E-state index is 0.252. The van der Waals surface area contributed by atoms with Gasteiger partial charge in [0, 0.05) is 24.9 Å². The van der Waals surface area contributed by atoms with Crippen LogP contribution in [0.4, 0.5) is 5.69 Å². The van der Waals surface area contributed by atoms with Crippen LogP contribution >= 0.6 is 0 Å². The number of aliphatic hydroxyl groups excluding tert-OH is 1. The number of benzene rings is 1. The first-order valence-corrected chi connectivity index (χ1v) is 6.06. The number of fused-ring (bicyclic) bond motifs is 1. The maximum Gasteiger partial charge on any atom is 0.163 e. The lowest BCUT2D eigenvalue weighted by molar-refractivity contribution is 0.171. The van der Waals surface area contributed by atoms with Crippen molar-refractivity contribution in [2.45, 2.75) is 19.8 Å². The van der Waals surface area contributed by atoms with Crippen molar-refractivity contribution in [1.82, 2.24) is 0 Å². The van der Waals surface area contributed by atoms with Crippen LogP contribution in [-0.2, 0) is 0 Å². The van der Waals surface area contributed by atoms with Crippen LogP contribution in [0.15, 0.2) is 12.1 Å². The van der Waals surface area contributed by atoms with Crippen LogP contribution in [0, 0.1) is 6.92 Å². The third-order valence-corrected chi connectivity index (χ3v) is 2.79. The van der Waals surface area contributed by atoms with Crippen molar-refractivity contribution in [1.29, 1.82) is 0 Å². The number of aryl methyl sites for hydroxylation is 1. The van der Waals surface area contributed by atoms with Gasteiger partial charge in [-0.25, -0.2) is 0 Å². The fourth-order valence-corrected chi connectivity index (χ4v) is 1.84. The van der Waals surface area contributed by atoms with E-state index in [-0.39, 0.29) is 6.61 Å². The summed E-state index contributed by atoms with van der Waals surface area (Å²) in [5, 5.41) is 12.1. The average Bonchev–Trinajstić information content (AvgIpc) is 2.35. The molecule has 1 aromatic rings. The zero-order valence-corrected chi connectivity index (χ0v) is 10.2. The maximum absolute atomic E-state index is 8.71. The van der Waals surface area contributed by atoms with Gasteiger partial charge in [-0.2, -0.15) is 0 Å². The molecule has 0 aliphatic carbocycles. The number of ether oxygens (including phenoxy) is 2. The summed E-state index contributed by atoms with van der Waals surface area (Å²) in [4.78, 5) is 0. The highest BCUT2D eigenvalue weighted by Crippen LogP contribution is 2.35. The summed E-state index contributed by atoms with van der Waals surface area (Å²) < 4.78 is 11.1. The molecule has 0 saturated heterocycles. The maximum atomic E-state index is 8.71. The zero-order chi connectivity index (χ0) is 12.1. The van der Waals surface area contributed by atoms with Gasteiger partial charge < -0.3 is 19.9 Å². The largest absolute Gasteiger partial charge is 0.486 e. The van der Waals surface area contributed by atoms with E-state index in [1.165, 1.54) is 0 Å². The monoisotopic (exact) mass is 237 g/mol. The molecule has 0 radical (unpaired) electrons. The number of aliphatic hydroxyl groups is 1. The third-order valence-electron chi connectivity index (χ3n) is 2.79. The standard InChI is InChI=1S/C13H19NO3/c1-10-8-12-13(17-7-6-16-12)9-11(10)14-4-2-3-5-15/h8-9,14-15H,2-7H2,1H3. The summed E-state index contributed by atoms with van der Waals surface area (Å²) in [7, 11) is 0. The van der Waals surface area contributed by atoms with Gasteiger partial charge in [-0.3, -0.25) is 0 Å². The molecule has 1 aromatic carbocycles. The van der Waals surface area contributed by atoms with Crippen molar-refractivity contribution in [3.8, 4) is 11.5 Å². The smallest absolute Gasteiger partial charge is 0.163 e. The van der Waals surface area contributed by atoms with E-state index in [0.717, 1.165) is 42.1 Å². The van der Waals surface area contributed by atoms with E-state index in [0.29, 0.717) is 13.2 Å². The highest BCUT2D eigenvalue weighted by atomic mass is 16.6. The van der Waals surface area contributed by atoms with Crippen LogP contribution in [0.1, 0.15) is 18.4 Å². The van der Waals surface area contributed by atoms with Crippen LogP contribution in [0.25, 0.3) is 0 Å². The summed E-state index contributed by atoms with van der Waals surface area (Å²) in [5.41, 5.74) is 2.23. The SMILES string of the molecule is Cc1cc2c(cc1NCCCCO)OCCO2. The average molecular weight is 237 g/mol. The Hall–Kier alpha value is -1.42. The second-order valence-electron chi connectivity index (χ2n) is 4.17. The molecule has 0 unspecified atom stereocenters. The Labute approximate surface area is 102 Å². The van der Waals surface area contributed by atoms with Crippen LogP contribution in [0.5, 0.6) is 11.5 Å². The van der Waals surface area contributed by atoms with Gasteiger partial charge in [-0.05, 0) is 31.4 Å². The molecular weight excluding hydrogens is 218 g/mol. The van der Waals surface area contributed by atoms with E-state index in [4.69, 9.17) is 14.6 Å². The van der Waals surface area contributed by atoms with Crippen molar-refractivity contribution in [3.05, 3.63) is 17.7 Å². The number of rotatable bonds is 5. The lowest BCUT2D eigenvalue weighted by Crippen LogP contribution is -2.16. The van der Waals surface area contributed by atoms with Crippen LogP contribution in [-0.4, -0.2) is 31.5 Å². The second kappa shape index (κ2) is 5.77. The van der Waals surface area contributed by atoms with Gasteiger partial charge in [0.1, 0.15) is 13.2 Å². The highest BCUT2D eigenvalue weighted by Gasteiger charge is 2.13. The summed E-state index contributed by atoms with van der Waals surface area (Å²) in [6, 6.07) is 3.99. The van der Waals surface area contributed by atoms with Crippen molar-refractivity contribution in [2.75, 3.05) is 31.7 Å². The normalized spacial score (nSPS) is 13.5. The van der Waals surface area contributed by atoms with Gasteiger partial charge in [0.25, 0.3) is 0 Å². The third kappa shape index (κ3) is 3.03. The summed E-state index contributed by atoms with van der Waals surface area (Å²) in [5.74, 6) is 1.64. The molecule has 4 heteroatoms. The molecule has 0 saturated carbocycles. The molecule has 1 aliphatic rings. The van der Waals surface area contributed by atoms with Crippen molar-refractivity contribution < 1.29 is 14.6 Å². The Balaban J connectivity index is 2.01. The van der Waals surface area contributed by atoms with Gasteiger partial charge in [0.15, 0.2) is 11.5 Å². The Bertz CT molecular complexity index is 379. The van der Waals surface area contributed by atoms with E-state index in [2.05, 4.69) is 5.32 Å². The van der Waals surface area contributed by atoms with Crippen LogP contribution < -0.4 is 14.8 Å². The van der Waals surface area contributed by atoms with E-state index in [1.807, 2.05) is 19.1 Å². The molecule has 2 N–H and O–H groups in total. The Morgan fingerprint density at radius 2 is 1.88 bits per heavy atom. The minimum Gasteiger partial charge on any atom is -0.486 e. The zero-order valence-electron chi connectivity index (χ0n) is 10.2. The molecule has 0 spiro atoms. The number of nitrogens with one attached hydrogen (secondary N) is 1. The fraction of sp³-hybridized carbons (Fsp3) is 0.538. The first kappa shape index (κ1) is 12.0. The lowest BCUT2D eigenvalue weighted by Gasteiger charge is -2.20. The van der Waals surface area contributed by atoms with Crippen molar-refractivity contribution in [2.24, 2.45) is 0 Å². The predicted molar refractivity (Wildman–Crippen MR) is 67.0 cm³/mol.